The van der Waals surface area contributed by atoms with Crippen LogP contribution in [0.2, 0.25) is 0 Å². The Bertz CT molecular complexity index is 604. The van der Waals surface area contributed by atoms with Crippen molar-refractivity contribution in [1.29, 1.82) is 0 Å². The molecule has 0 amide bonds. The molecule has 4 heteroatoms. The smallest absolute Gasteiger partial charge is 0.311 e. The molecule has 0 unspecified atom stereocenters. The van der Waals surface area contributed by atoms with Crippen LogP contribution in [0.15, 0.2) is 35.1 Å². The highest BCUT2D eigenvalue weighted by atomic mass is 16.1. The molecule has 0 saturated heterocycles. The van der Waals surface area contributed by atoms with E-state index in [1.165, 1.54) is 11.1 Å². The third kappa shape index (κ3) is 2.19. The highest BCUT2D eigenvalue weighted by Crippen LogP contribution is 2.16. The van der Waals surface area contributed by atoms with Crippen molar-refractivity contribution in [3.8, 4) is 0 Å². The summed E-state index contributed by atoms with van der Waals surface area (Å²) < 4.78 is 0. The lowest BCUT2D eigenvalue weighted by Crippen LogP contribution is -2.30. The van der Waals surface area contributed by atoms with E-state index < -0.39 is 0 Å². The summed E-state index contributed by atoms with van der Waals surface area (Å²) in [5, 5.41) is 3.26. The molecular weight excluding hydrogens is 226 g/mol. The van der Waals surface area contributed by atoms with Gasteiger partial charge < -0.3 is 10.3 Å². The molecule has 0 atom stereocenters. The van der Waals surface area contributed by atoms with E-state index in [1.807, 2.05) is 18.2 Å². The topological polar surface area (TPSA) is 57.8 Å². The number of hydrogen-bond acceptors (Lipinski definition) is 3. The Kier molecular flexibility index (Phi) is 2.94. The summed E-state index contributed by atoms with van der Waals surface area (Å²) in [5.74, 6) is 0. The van der Waals surface area contributed by atoms with Gasteiger partial charge in [-0.25, -0.2) is 4.79 Å². The quantitative estimate of drug-likeness (QED) is 0.825. The Morgan fingerprint density at radius 3 is 2.89 bits per heavy atom. The first-order valence-corrected chi connectivity index (χ1v) is 6.18. The zero-order valence-corrected chi connectivity index (χ0v) is 10.1. The van der Waals surface area contributed by atoms with Gasteiger partial charge in [-0.1, -0.05) is 30.3 Å². The summed E-state index contributed by atoms with van der Waals surface area (Å²) in [6.07, 6.45) is 1.66. The van der Waals surface area contributed by atoms with E-state index in [9.17, 15) is 4.79 Å². The number of nitrogens with zero attached hydrogens (tertiary/aromatic N) is 1. The van der Waals surface area contributed by atoms with E-state index in [0.29, 0.717) is 0 Å². The predicted molar refractivity (Wildman–Crippen MR) is 69.5 cm³/mol. The molecule has 18 heavy (non-hydrogen) atoms. The van der Waals surface area contributed by atoms with Gasteiger partial charge in [-0.15, -0.1) is 0 Å². The number of fused-ring (bicyclic) bond motifs is 1. The number of aromatic amines is 1. The van der Waals surface area contributed by atoms with E-state index >= 15 is 0 Å². The van der Waals surface area contributed by atoms with Crippen LogP contribution in [0.25, 0.3) is 0 Å². The number of hydrogen-bond donors (Lipinski definition) is 2. The van der Waals surface area contributed by atoms with Crippen molar-refractivity contribution in [3.05, 3.63) is 63.3 Å². The van der Waals surface area contributed by atoms with Crippen LogP contribution in [0, 0.1) is 0 Å². The zero-order chi connectivity index (χ0) is 12.4. The molecule has 2 N–H and O–H groups in total. The Morgan fingerprint density at radius 1 is 1.22 bits per heavy atom. The molecule has 92 valence electrons. The first-order valence-electron chi connectivity index (χ1n) is 6.18. The van der Waals surface area contributed by atoms with Crippen LogP contribution in [0.1, 0.15) is 22.5 Å². The van der Waals surface area contributed by atoms with Crippen LogP contribution < -0.4 is 11.0 Å². The van der Waals surface area contributed by atoms with Gasteiger partial charge in [-0.2, -0.15) is 4.98 Å². The van der Waals surface area contributed by atoms with Crippen LogP contribution in [0.5, 0.6) is 0 Å². The molecule has 1 aromatic heterocycles. The summed E-state index contributed by atoms with van der Waals surface area (Å²) in [7, 11) is 0. The summed E-state index contributed by atoms with van der Waals surface area (Å²) in [6, 6.07) is 10.1. The second kappa shape index (κ2) is 4.74. The molecule has 0 saturated carbocycles. The zero-order valence-electron chi connectivity index (χ0n) is 10.1. The summed E-state index contributed by atoms with van der Waals surface area (Å²) >= 11 is 0. The number of aromatic nitrogens is 2. The van der Waals surface area contributed by atoms with E-state index in [-0.39, 0.29) is 5.69 Å². The summed E-state index contributed by atoms with van der Waals surface area (Å²) in [6.45, 7) is 1.68. The fourth-order valence-electron chi connectivity index (χ4n) is 2.40. The molecule has 3 rings (SSSR count). The van der Waals surface area contributed by atoms with Crippen molar-refractivity contribution >= 4 is 0 Å². The fourth-order valence-corrected chi connectivity index (χ4v) is 2.40. The molecule has 2 heterocycles. The average molecular weight is 241 g/mol. The maximum atomic E-state index is 11.6. The lowest BCUT2D eigenvalue weighted by molar-refractivity contribution is 0.612. The van der Waals surface area contributed by atoms with E-state index in [4.69, 9.17) is 0 Å². The largest absolute Gasteiger partial charge is 0.345 e. The molecule has 1 aliphatic rings. The van der Waals surface area contributed by atoms with Crippen molar-refractivity contribution < 1.29 is 0 Å². The van der Waals surface area contributed by atoms with Crippen LogP contribution in [-0.2, 0) is 19.4 Å². The molecule has 0 radical (unpaired) electrons. The van der Waals surface area contributed by atoms with Crippen LogP contribution >= 0.6 is 0 Å². The van der Waals surface area contributed by atoms with Gasteiger partial charge in [0, 0.05) is 18.7 Å². The van der Waals surface area contributed by atoms with Crippen molar-refractivity contribution in [3.63, 3.8) is 0 Å². The maximum Gasteiger partial charge on any atom is 0.345 e. The van der Waals surface area contributed by atoms with Gasteiger partial charge in [0.05, 0.1) is 5.69 Å². The minimum Gasteiger partial charge on any atom is -0.311 e. The lowest BCUT2D eigenvalue weighted by Gasteiger charge is -2.18. The minimum atomic E-state index is -0.247. The monoisotopic (exact) mass is 241 g/mol. The molecular formula is C14H15N3O. The molecule has 0 fully saturated rings. The van der Waals surface area contributed by atoms with Crippen molar-refractivity contribution in [2.45, 2.75) is 19.4 Å². The van der Waals surface area contributed by atoms with Crippen LogP contribution in [0.4, 0.5) is 0 Å². The van der Waals surface area contributed by atoms with Crippen molar-refractivity contribution in [1.82, 2.24) is 15.3 Å². The second-order valence-corrected chi connectivity index (χ2v) is 4.53. The SMILES string of the molecule is O=c1nc(Cc2ccccc2)c2c([nH]1)CNCC2. The first-order chi connectivity index (χ1) is 8.83. The van der Waals surface area contributed by atoms with Gasteiger partial charge in [0.1, 0.15) is 0 Å². The number of nitrogens with one attached hydrogen (secondary N) is 2. The molecule has 0 spiro atoms. The van der Waals surface area contributed by atoms with Crippen LogP contribution in [-0.4, -0.2) is 16.5 Å². The number of benzene rings is 1. The molecule has 0 bridgehead atoms. The Hall–Kier alpha value is -1.94. The Labute approximate surface area is 105 Å². The van der Waals surface area contributed by atoms with E-state index in [2.05, 4.69) is 27.4 Å². The van der Waals surface area contributed by atoms with Gasteiger partial charge in [0.15, 0.2) is 0 Å². The minimum absolute atomic E-state index is 0.247. The second-order valence-electron chi connectivity index (χ2n) is 4.53. The normalized spacial score (nSPS) is 14.2. The molecule has 1 aromatic carbocycles. The van der Waals surface area contributed by atoms with Gasteiger partial charge in [-0.3, -0.25) is 0 Å². The average Bonchev–Trinajstić information content (AvgIpc) is 2.40. The molecule has 1 aliphatic heterocycles. The number of rotatable bonds is 2. The molecule has 4 nitrogen and oxygen atoms in total. The van der Waals surface area contributed by atoms with Gasteiger partial charge in [0.2, 0.25) is 0 Å². The Balaban J connectivity index is 2.01. The van der Waals surface area contributed by atoms with Crippen molar-refractivity contribution in [2.24, 2.45) is 0 Å². The number of H-pyrrole nitrogens is 1. The first kappa shape index (κ1) is 11.2. The molecule has 2 aromatic rings. The summed E-state index contributed by atoms with van der Waals surface area (Å²) in [4.78, 5) is 18.5. The Morgan fingerprint density at radius 2 is 2.06 bits per heavy atom. The van der Waals surface area contributed by atoms with Gasteiger partial charge in [0.25, 0.3) is 0 Å². The van der Waals surface area contributed by atoms with Gasteiger partial charge in [-0.05, 0) is 24.1 Å². The summed E-state index contributed by atoms with van der Waals surface area (Å²) in [5.41, 5.74) is 4.06. The van der Waals surface area contributed by atoms with E-state index in [0.717, 1.165) is 37.3 Å². The predicted octanol–water partition coefficient (Wildman–Crippen LogP) is 1.01. The third-order valence-corrected chi connectivity index (χ3v) is 3.27. The lowest BCUT2D eigenvalue weighted by atomic mass is 9.99. The maximum absolute atomic E-state index is 11.6. The molecule has 0 aliphatic carbocycles. The highest BCUT2D eigenvalue weighted by Gasteiger charge is 2.15. The third-order valence-electron chi connectivity index (χ3n) is 3.27. The highest BCUT2D eigenvalue weighted by molar-refractivity contribution is 5.31. The standard InChI is InChI=1S/C14H15N3O/c18-14-16-12(8-10-4-2-1-3-5-10)11-6-7-15-9-13(11)17-14/h1-5,15H,6-9H2,(H,16,17,18). The fraction of sp³-hybridized carbons (Fsp3) is 0.286. The van der Waals surface area contributed by atoms with Crippen LogP contribution in [0.3, 0.4) is 0 Å². The van der Waals surface area contributed by atoms with Gasteiger partial charge >= 0.3 is 5.69 Å². The van der Waals surface area contributed by atoms with Crippen molar-refractivity contribution in [2.75, 3.05) is 6.54 Å². The van der Waals surface area contributed by atoms with E-state index in [1.54, 1.807) is 0 Å².